The fraction of sp³-hybridized carbons (Fsp3) is 0.300. The van der Waals surface area contributed by atoms with Crippen molar-refractivity contribution in [3.8, 4) is 0 Å². The van der Waals surface area contributed by atoms with Gasteiger partial charge in [-0.1, -0.05) is 54.1 Å². The number of benzene rings is 2. The molecular formula is C20H22ClNO2. The van der Waals surface area contributed by atoms with Gasteiger partial charge in [0, 0.05) is 5.02 Å². The van der Waals surface area contributed by atoms with Gasteiger partial charge in [0.25, 0.3) is 0 Å². The molecule has 2 aromatic carbocycles. The van der Waals surface area contributed by atoms with E-state index in [9.17, 15) is 9.59 Å². The van der Waals surface area contributed by atoms with Crippen LogP contribution in [-0.2, 0) is 21.5 Å². The number of carbonyl (C=O) groups excluding carboxylic acids is 2. The van der Waals surface area contributed by atoms with Gasteiger partial charge in [-0.05, 0) is 44.0 Å². The summed E-state index contributed by atoms with van der Waals surface area (Å²) in [7, 11) is 0. The topological polar surface area (TPSA) is 37.4 Å². The Morgan fingerprint density at radius 1 is 1.04 bits per heavy atom. The first-order valence-electron chi connectivity index (χ1n) is 7.90. The van der Waals surface area contributed by atoms with Gasteiger partial charge in [0.15, 0.2) is 0 Å². The standard InChI is InChI=1S/C20H22ClNO2/c1-15(23)14-22(19(24)12-16-8-5-4-6-9-16)20(2,3)17-10-7-11-18(21)13-17/h4-11,13H,12,14H2,1-3H3. The van der Waals surface area contributed by atoms with Crippen molar-refractivity contribution in [2.45, 2.75) is 32.7 Å². The second-order valence-electron chi connectivity index (χ2n) is 6.41. The molecule has 0 spiro atoms. The highest BCUT2D eigenvalue weighted by Crippen LogP contribution is 2.30. The molecule has 126 valence electrons. The lowest BCUT2D eigenvalue weighted by molar-refractivity contribution is -0.140. The minimum absolute atomic E-state index is 0.0495. The van der Waals surface area contributed by atoms with E-state index in [0.29, 0.717) is 5.02 Å². The van der Waals surface area contributed by atoms with Crippen LogP contribution in [0.4, 0.5) is 0 Å². The van der Waals surface area contributed by atoms with Gasteiger partial charge in [-0.2, -0.15) is 0 Å². The Kier molecular flexibility index (Phi) is 5.79. The Hall–Kier alpha value is -2.13. The molecule has 1 amide bonds. The number of hydrogen-bond acceptors (Lipinski definition) is 2. The third kappa shape index (κ3) is 4.45. The van der Waals surface area contributed by atoms with Gasteiger partial charge in [0.2, 0.25) is 5.91 Å². The van der Waals surface area contributed by atoms with Gasteiger partial charge < -0.3 is 4.90 Å². The molecule has 3 nitrogen and oxygen atoms in total. The molecule has 0 saturated carbocycles. The molecule has 0 aliphatic rings. The van der Waals surface area contributed by atoms with Crippen molar-refractivity contribution in [3.05, 3.63) is 70.7 Å². The third-order valence-corrected chi connectivity index (χ3v) is 4.32. The predicted octanol–water partition coefficient (Wildman–Crippen LogP) is 4.24. The van der Waals surface area contributed by atoms with Gasteiger partial charge >= 0.3 is 0 Å². The zero-order valence-corrected chi connectivity index (χ0v) is 15.0. The molecule has 0 radical (unpaired) electrons. The van der Waals surface area contributed by atoms with Crippen molar-refractivity contribution in [1.29, 1.82) is 0 Å². The van der Waals surface area contributed by atoms with Gasteiger partial charge in [0.1, 0.15) is 5.78 Å². The van der Waals surface area contributed by atoms with Crippen molar-refractivity contribution in [2.24, 2.45) is 0 Å². The van der Waals surface area contributed by atoms with Crippen LogP contribution in [-0.4, -0.2) is 23.1 Å². The zero-order valence-electron chi connectivity index (χ0n) is 14.3. The van der Waals surface area contributed by atoms with Crippen LogP contribution in [0.2, 0.25) is 5.02 Å². The molecule has 24 heavy (non-hydrogen) atoms. The van der Waals surface area contributed by atoms with Crippen molar-refractivity contribution in [1.82, 2.24) is 4.90 Å². The first kappa shape index (κ1) is 18.2. The van der Waals surface area contributed by atoms with Crippen LogP contribution >= 0.6 is 11.6 Å². The number of amides is 1. The third-order valence-electron chi connectivity index (χ3n) is 4.09. The lowest BCUT2D eigenvalue weighted by Crippen LogP contribution is -2.48. The highest BCUT2D eigenvalue weighted by Gasteiger charge is 2.33. The molecular weight excluding hydrogens is 322 g/mol. The number of ketones is 1. The summed E-state index contributed by atoms with van der Waals surface area (Å²) in [5, 5.41) is 0.610. The summed E-state index contributed by atoms with van der Waals surface area (Å²) in [5.41, 5.74) is 1.19. The van der Waals surface area contributed by atoms with E-state index >= 15 is 0 Å². The van der Waals surface area contributed by atoms with Crippen LogP contribution in [0.5, 0.6) is 0 Å². The molecule has 0 unspecified atom stereocenters. The summed E-state index contributed by atoms with van der Waals surface area (Å²) in [6, 6.07) is 17.0. The van der Waals surface area contributed by atoms with Gasteiger partial charge in [-0.3, -0.25) is 9.59 Å². The van der Waals surface area contributed by atoms with E-state index in [1.807, 2.05) is 62.4 Å². The van der Waals surface area contributed by atoms with Crippen LogP contribution < -0.4 is 0 Å². The van der Waals surface area contributed by atoms with Crippen LogP contribution in [0.25, 0.3) is 0 Å². The normalized spacial score (nSPS) is 11.2. The molecule has 2 rings (SSSR count). The molecule has 0 saturated heterocycles. The van der Waals surface area contributed by atoms with Gasteiger partial charge in [-0.15, -0.1) is 0 Å². The Labute approximate surface area is 148 Å². The smallest absolute Gasteiger partial charge is 0.228 e. The number of halogens is 1. The monoisotopic (exact) mass is 343 g/mol. The number of rotatable bonds is 6. The predicted molar refractivity (Wildman–Crippen MR) is 97.0 cm³/mol. The molecule has 4 heteroatoms. The van der Waals surface area contributed by atoms with E-state index in [1.165, 1.54) is 6.92 Å². The largest absolute Gasteiger partial charge is 0.326 e. The van der Waals surface area contributed by atoms with Crippen molar-refractivity contribution < 1.29 is 9.59 Å². The molecule has 0 fully saturated rings. The maximum absolute atomic E-state index is 12.9. The molecule has 0 N–H and O–H groups in total. The van der Waals surface area contributed by atoms with E-state index in [0.717, 1.165) is 11.1 Å². The lowest BCUT2D eigenvalue weighted by Gasteiger charge is -2.39. The average molecular weight is 344 g/mol. The van der Waals surface area contributed by atoms with E-state index in [2.05, 4.69) is 0 Å². The minimum atomic E-state index is -0.636. The van der Waals surface area contributed by atoms with E-state index in [4.69, 9.17) is 11.6 Å². The number of nitrogens with zero attached hydrogens (tertiary/aromatic N) is 1. The Balaban J connectivity index is 2.33. The first-order valence-corrected chi connectivity index (χ1v) is 8.28. The van der Waals surface area contributed by atoms with Gasteiger partial charge in [0.05, 0.1) is 18.5 Å². The molecule has 2 aromatic rings. The second-order valence-corrected chi connectivity index (χ2v) is 6.85. The Morgan fingerprint density at radius 3 is 2.29 bits per heavy atom. The lowest BCUT2D eigenvalue weighted by atomic mass is 9.91. The Morgan fingerprint density at radius 2 is 1.71 bits per heavy atom. The van der Waals surface area contributed by atoms with E-state index in [1.54, 1.807) is 11.0 Å². The summed E-state index contributed by atoms with van der Waals surface area (Å²) < 4.78 is 0. The number of hydrogen-bond donors (Lipinski definition) is 0. The summed E-state index contributed by atoms with van der Waals surface area (Å²) in [5.74, 6) is -0.132. The summed E-state index contributed by atoms with van der Waals surface area (Å²) in [4.78, 5) is 26.3. The molecule has 0 aromatic heterocycles. The average Bonchev–Trinajstić information content (AvgIpc) is 2.53. The molecule has 0 atom stereocenters. The van der Waals surface area contributed by atoms with Crippen LogP contribution in [0.1, 0.15) is 31.9 Å². The maximum atomic E-state index is 12.9. The highest BCUT2D eigenvalue weighted by molar-refractivity contribution is 6.30. The zero-order chi connectivity index (χ0) is 17.7. The molecule has 0 heterocycles. The SMILES string of the molecule is CC(=O)CN(C(=O)Cc1ccccc1)C(C)(C)c1cccc(Cl)c1. The molecule has 0 aliphatic carbocycles. The molecule has 0 bridgehead atoms. The van der Waals surface area contributed by atoms with E-state index < -0.39 is 5.54 Å². The number of Topliss-reactive ketones (excluding diaryl/α,β-unsaturated/α-hetero) is 1. The summed E-state index contributed by atoms with van der Waals surface area (Å²) in [6.07, 6.45) is 0.262. The van der Waals surface area contributed by atoms with E-state index in [-0.39, 0.29) is 24.7 Å². The quantitative estimate of drug-likeness (QED) is 0.786. The van der Waals surface area contributed by atoms with Crippen molar-refractivity contribution >= 4 is 23.3 Å². The number of carbonyl (C=O) groups is 2. The van der Waals surface area contributed by atoms with Crippen LogP contribution in [0.15, 0.2) is 54.6 Å². The van der Waals surface area contributed by atoms with Crippen LogP contribution in [0.3, 0.4) is 0 Å². The highest BCUT2D eigenvalue weighted by atomic mass is 35.5. The Bertz CT molecular complexity index is 725. The summed E-state index contributed by atoms with van der Waals surface area (Å²) >= 11 is 6.10. The van der Waals surface area contributed by atoms with Gasteiger partial charge in [-0.25, -0.2) is 0 Å². The maximum Gasteiger partial charge on any atom is 0.228 e. The first-order chi connectivity index (χ1) is 11.3. The van der Waals surface area contributed by atoms with Crippen LogP contribution in [0, 0.1) is 0 Å². The fourth-order valence-electron chi connectivity index (χ4n) is 2.71. The second kappa shape index (κ2) is 7.63. The fourth-order valence-corrected chi connectivity index (χ4v) is 2.90. The molecule has 0 aliphatic heterocycles. The van der Waals surface area contributed by atoms with Crippen molar-refractivity contribution in [2.75, 3.05) is 6.54 Å². The summed E-state index contributed by atoms with van der Waals surface area (Å²) in [6.45, 7) is 5.44. The minimum Gasteiger partial charge on any atom is -0.326 e. The van der Waals surface area contributed by atoms with Crippen molar-refractivity contribution in [3.63, 3.8) is 0 Å².